The Morgan fingerprint density at radius 1 is 0.571 bits per heavy atom. The van der Waals surface area contributed by atoms with Gasteiger partial charge in [-0.2, -0.15) is 0 Å². The van der Waals surface area contributed by atoms with Crippen LogP contribution in [0.2, 0.25) is 19.1 Å². The second-order valence-corrected chi connectivity index (χ2v) is 14.1. The topological polar surface area (TPSA) is 18.8 Å². The predicted molar refractivity (Wildman–Crippen MR) is 132 cm³/mol. The van der Waals surface area contributed by atoms with E-state index in [4.69, 9.17) is 4.66 Å². The summed E-state index contributed by atoms with van der Waals surface area (Å²) in [4.78, 5) is 4.28. The van der Waals surface area contributed by atoms with E-state index in [0.29, 0.717) is 0 Å². The molecule has 0 amide bonds. The Morgan fingerprint density at radius 2 is 0.893 bits per heavy atom. The fraction of sp³-hybridized carbons (Fsp3) is 0.958. The molecule has 0 atom stereocenters. The van der Waals surface area contributed by atoms with E-state index in [-0.39, 0.29) is 0 Å². The van der Waals surface area contributed by atoms with Crippen LogP contribution in [0.15, 0.2) is 4.66 Å². The molecular weight excluding hydrogens is 358 g/mol. The summed E-state index contributed by atoms with van der Waals surface area (Å²) in [7, 11) is 6.88. The summed E-state index contributed by atoms with van der Waals surface area (Å²) in [6.07, 6.45) is 21.5. The van der Waals surface area contributed by atoms with Crippen LogP contribution < -0.4 is 0 Å². The van der Waals surface area contributed by atoms with E-state index in [0.717, 1.165) is 5.96 Å². The van der Waals surface area contributed by atoms with E-state index in [1.807, 2.05) is 0 Å². The van der Waals surface area contributed by atoms with Gasteiger partial charge in [-0.05, 0) is 19.1 Å². The molecule has 168 valence electrons. The largest absolute Gasteiger partial charge is 0.350 e. The van der Waals surface area contributed by atoms with Crippen molar-refractivity contribution in [3.63, 3.8) is 0 Å². The highest BCUT2D eigenvalue weighted by Crippen LogP contribution is 2.19. The lowest BCUT2D eigenvalue weighted by Gasteiger charge is -2.27. The standard InChI is InChI=1S/C24H53N3Si/c1-8-9-10-11-12-13-14-15-16-17-18-19-20-21-22-23-28(6,7)25-24(26(2)3)27(4)5/h8-23H2,1-7H3. The lowest BCUT2D eigenvalue weighted by Crippen LogP contribution is -2.39. The first-order valence-corrected chi connectivity index (χ1v) is 15.4. The summed E-state index contributed by atoms with van der Waals surface area (Å²) in [6.45, 7) is 7.11. The average molecular weight is 412 g/mol. The lowest BCUT2D eigenvalue weighted by molar-refractivity contribution is 0.485. The maximum Gasteiger partial charge on any atom is 0.186 e. The van der Waals surface area contributed by atoms with Gasteiger partial charge in [-0.25, -0.2) is 0 Å². The van der Waals surface area contributed by atoms with E-state index in [2.05, 4.69) is 58.0 Å². The summed E-state index contributed by atoms with van der Waals surface area (Å²) in [5, 5.41) is 0. The lowest BCUT2D eigenvalue weighted by atomic mass is 10.0. The molecule has 4 heteroatoms. The summed E-state index contributed by atoms with van der Waals surface area (Å²) >= 11 is 0. The molecule has 0 spiro atoms. The molecule has 0 aliphatic carbocycles. The van der Waals surface area contributed by atoms with Crippen LogP contribution in [0.5, 0.6) is 0 Å². The molecule has 0 aromatic heterocycles. The molecule has 0 aliphatic rings. The number of hydrogen-bond acceptors (Lipinski definition) is 1. The molecule has 0 rings (SSSR count). The van der Waals surface area contributed by atoms with Gasteiger partial charge in [0.25, 0.3) is 0 Å². The van der Waals surface area contributed by atoms with Crippen molar-refractivity contribution >= 4 is 14.2 Å². The number of unbranched alkanes of at least 4 members (excludes halogenated alkanes) is 14. The molecule has 0 bridgehead atoms. The highest BCUT2D eigenvalue weighted by Gasteiger charge is 2.22. The summed E-state index contributed by atoms with van der Waals surface area (Å²) < 4.78 is 5.12. The quantitative estimate of drug-likeness (QED) is 0.106. The summed E-state index contributed by atoms with van der Waals surface area (Å²) in [5.74, 6) is 1.12. The van der Waals surface area contributed by atoms with Crippen LogP contribution in [0, 0.1) is 0 Å². The van der Waals surface area contributed by atoms with Gasteiger partial charge in [-0.15, -0.1) is 0 Å². The first-order chi connectivity index (χ1) is 13.3. The number of guanidine groups is 1. The van der Waals surface area contributed by atoms with Crippen LogP contribution in [-0.2, 0) is 0 Å². The zero-order valence-corrected chi connectivity index (χ0v) is 21.7. The molecule has 3 nitrogen and oxygen atoms in total. The van der Waals surface area contributed by atoms with Crippen molar-refractivity contribution in [3.8, 4) is 0 Å². The molecular formula is C24H53N3Si. The highest BCUT2D eigenvalue weighted by atomic mass is 28.3. The summed E-state index contributed by atoms with van der Waals surface area (Å²) in [6, 6.07) is 1.32. The van der Waals surface area contributed by atoms with Crippen LogP contribution >= 0.6 is 0 Å². The molecule has 0 radical (unpaired) electrons. The van der Waals surface area contributed by atoms with E-state index in [9.17, 15) is 0 Å². The Hall–Kier alpha value is -0.513. The zero-order valence-electron chi connectivity index (χ0n) is 20.7. The van der Waals surface area contributed by atoms with E-state index >= 15 is 0 Å². The first kappa shape index (κ1) is 27.5. The Kier molecular flexibility index (Phi) is 17.0. The van der Waals surface area contributed by atoms with Gasteiger partial charge in [0.05, 0.1) is 0 Å². The average Bonchev–Trinajstić information content (AvgIpc) is 2.62. The molecule has 0 heterocycles. The minimum absolute atomic E-state index is 1.12. The minimum Gasteiger partial charge on any atom is -0.350 e. The van der Waals surface area contributed by atoms with Crippen molar-refractivity contribution in [2.75, 3.05) is 28.2 Å². The summed E-state index contributed by atoms with van der Waals surface area (Å²) in [5.41, 5.74) is 0. The normalized spacial score (nSPS) is 11.5. The molecule has 0 fully saturated rings. The Balaban J connectivity index is 3.57. The van der Waals surface area contributed by atoms with Crippen LogP contribution in [0.3, 0.4) is 0 Å². The fourth-order valence-corrected chi connectivity index (χ4v) is 6.02. The Bertz CT molecular complexity index is 368. The van der Waals surface area contributed by atoms with Gasteiger partial charge in [0.1, 0.15) is 0 Å². The minimum atomic E-state index is -1.49. The van der Waals surface area contributed by atoms with Gasteiger partial charge in [0.2, 0.25) is 0 Å². The van der Waals surface area contributed by atoms with Crippen LogP contribution in [0.25, 0.3) is 0 Å². The number of nitrogens with zero attached hydrogens (tertiary/aromatic N) is 3. The second-order valence-electron chi connectivity index (χ2n) is 9.71. The fourth-order valence-electron chi connectivity index (χ4n) is 3.86. The third-order valence-corrected chi connectivity index (χ3v) is 7.98. The first-order valence-electron chi connectivity index (χ1n) is 12.2. The third kappa shape index (κ3) is 16.4. The maximum absolute atomic E-state index is 5.12. The predicted octanol–water partition coefficient (Wildman–Crippen LogP) is 7.54. The Labute approximate surface area is 179 Å². The molecule has 0 N–H and O–H groups in total. The van der Waals surface area contributed by atoms with Crippen LogP contribution in [0.4, 0.5) is 0 Å². The molecule has 0 saturated heterocycles. The Morgan fingerprint density at radius 3 is 1.21 bits per heavy atom. The maximum atomic E-state index is 5.12. The van der Waals surface area contributed by atoms with Crippen molar-refractivity contribution in [2.24, 2.45) is 4.66 Å². The molecule has 0 saturated carbocycles. The van der Waals surface area contributed by atoms with Gasteiger partial charge in [-0.3, -0.25) is 4.66 Å². The van der Waals surface area contributed by atoms with E-state index in [1.54, 1.807) is 0 Å². The van der Waals surface area contributed by atoms with Gasteiger partial charge >= 0.3 is 0 Å². The van der Waals surface area contributed by atoms with Crippen LogP contribution in [-0.4, -0.2) is 52.2 Å². The van der Waals surface area contributed by atoms with Crippen molar-refractivity contribution in [1.29, 1.82) is 0 Å². The second kappa shape index (κ2) is 17.4. The SMILES string of the molecule is CCCCCCCCCCCCCCCCC[Si](C)(C)N=C(N(C)C)N(C)C. The monoisotopic (exact) mass is 411 g/mol. The van der Waals surface area contributed by atoms with E-state index < -0.39 is 8.24 Å². The molecule has 28 heavy (non-hydrogen) atoms. The van der Waals surface area contributed by atoms with Gasteiger partial charge in [-0.1, -0.05) is 103 Å². The van der Waals surface area contributed by atoms with Crippen molar-refractivity contribution in [1.82, 2.24) is 9.80 Å². The molecule has 0 aromatic rings. The zero-order chi connectivity index (χ0) is 21.3. The van der Waals surface area contributed by atoms with Crippen LogP contribution in [0.1, 0.15) is 103 Å². The van der Waals surface area contributed by atoms with Crippen molar-refractivity contribution in [2.45, 2.75) is 122 Å². The van der Waals surface area contributed by atoms with Crippen molar-refractivity contribution < 1.29 is 0 Å². The molecule has 0 aromatic carbocycles. The van der Waals surface area contributed by atoms with Gasteiger partial charge in [0, 0.05) is 28.2 Å². The number of rotatable bonds is 17. The number of hydrogen-bond donors (Lipinski definition) is 0. The smallest absolute Gasteiger partial charge is 0.186 e. The van der Waals surface area contributed by atoms with E-state index in [1.165, 1.54) is 102 Å². The molecule has 0 unspecified atom stereocenters. The van der Waals surface area contributed by atoms with Crippen molar-refractivity contribution in [3.05, 3.63) is 0 Å². The third-order valence-electron chi connectivity index (χ3n) is 5.59. The van der Waals surface area contributed by atoms with Gasteiger partial charge in [0.15, 0.2) is 14.2 Å². The van der Waals surface area contributed by atoms with Gasteiger partial charge < -0.3 is 9.80 Å². The highest BCUT2D eigenvalue weighted by molar-refractivity contribution is 6.76. The molecule has 0 aliphatic heterocycles.